The van der Waals surface area contributed by atoms with Gasteiger partial charge in [0.25, 0.3) is 5.91 Å². The molecular formula is C12H10ClF2NO3S. The quantitative estimate of drug-likeness (QED) is 0.838. The molecule has 20 heavy (non-hydrogen) atoms. The predicted molar refractivity (Wildman–Crippen MR) is 71.1 cm³/mol. The molecule has 1 saturated heterocycles. The molecule has 1 unspecified atom stereocenters. The number of hydrogen-bond donors (Lipinski definition) is 2. The van der Waals surface area contributed by atoms with E-state index in [-0.39, 0.29) is 22.8 Å². The standard InChI is InChI=1S/C12H10ClF2NO3S/c13-7-4-9(15)8(14)3-6(7)10(17)16-12(11(18)19)1-2-20-5-12/h3-4H,1-2,5H2,(H,16,17)(H,18,19). The molecule has 1 aromatic carbocycles. The predicted octanol–water partition coefficient (Wildman–Crippen LogP) is 2.31. The smallest absolute Gasteiger partial charge is 0.330 e. The minimum atomic E-state index is -1.39. The van der Waals surface area contributed by atoms with E-state index in [4.69, 9.17) is 11.6 Å². The normalized spacial score (nSPS) is 21.8. The minimum absolute atomic E-state index is 0.218. The van der Waals surface area contributed by atoms with Gasteiger partial charge >= 0.3 is 5.97 Å². The molecule has 0 saturated carbocycles. The molecule has 1 aliphatic heterocycles. The topological polar surface area (TPSA) is 66.4 Å². The number of hydrogen-bond acceptors (Lipinski definition) is 3. The van der Waals surface area contributed by atoms with E-state index in [0.29, 0.717) is 17.9 Å². The minimum Gasteiger partial charge on any atom is -0.479 e. The van der Waals surface area contributed by atoms with Gasteiger partial charge in [0.1, 0.15) is 5.54 Å². The molecule has 0 aliphatic carbocycles. The second-order valence-electron chi connectivity index (χ2n) is 4.39. The van der Waals surface area contributed by atoms with E-state index >= 15 is 0 Å². The summed E-state index contributed by atoms with van der Waals surface area (Å²) in [6.45, 7) is 0. The zero-order valence-corrected chi connectivity index (χ0v) is 11.7. The molecule has 2 rings (SSSR count). The SMILES string of the molecule is O=C(NC1(C(=O)O)CCSC1)c1cc(F)c(F)cc1Cl. The fourth-order valence-corrected chi connectivity index (χ4v) is 3.43. The van der Waals surface area contributed by atoms with Crippen molar-refractivity contribution in [2.24, 2.45) is 0 Å². The van der Waals surface area contributed by atoms with Crippen LogP contribution in [-0.2, 0) is 4.79 Å². The highest BCUT2D eigenvalue weighted by molar-refractivity contribution is 7.99. The van der Waals surface area contributed by atoms with Crippen molar-refractivity contribution in [2.75, 3.05) is 11.5 Å². The van der Waals surface area contributed by atoms with Crippen LogP contribution >= 0.6 is 23.4 Å². The first kappa shape index (κ1) is 15.1. The Labute approximate surface area is 122 Å². The maximum absolute atomic E-state index is 13.2. The van der Waals surface area contributed by atoms with Crippen molar-refractivity contribution in [2.45, 2.75) is 12.0 Å². The monoisotopic (exact) mass is 321 g/mol. The number of carbonyl (C=O) groups excluding carboxylic acids is 1. The lowest BCUT2D eigenvalue weighted by molar-refractivity contribution is -0.143. The summed E-state index contributed by atoms with van der Waals surface area (Å²) in [6.07, 6.45) is 0.264. The van der Waals surface area contributed by atoms with Gasteiger partial charge in [-0.2, -0.15) is 11.8 Å². The van der Waals surface area contributed by atoms with Crippen molar-refractivity contribution in [3.05, 3.63) is 34.4 Å². The lowest BCUT2D eigenvalue weighted by Gasteiger charge is -2.24. The number of thioether (sulfide) groups is 1. The molecule has 1 aromatic rings. The van der Waals surface area contributed by atoms with Crippen LogP contribution in [0.2, 0.25) is 5.02 Å². The fraction of sp³-hybridized carbons (Fsp3) is 0.333. The van der Waals surface area contributed by atoms with Gasteiger partial charge in [0.15, 0.2) is 11.6 Å². The molecule has 4 nitrogen and oxygen atoms in total. The lowest BCUT2D eigenvalue weighted by Crippen LogP contribution is -2.54. The number of carboxylic acid groups (broad SMARTS) is 1. The highest BCUT2D eigenvalue weighted by Crippen LogP contribution is 2.29. The number of amides is 1. The van der Waals surface area contributed by atoms with E-state index in [1.807, 2.05) is 0 Å². The van der Waals surface area contributed by atoms with Crippen LogP contribution in [0.4, 0.5) is 8.78 Å². The van der Waals surface area contributed by atoms with Gasteiger partial charge in [-0.25, -0.2) is 13.6 Å². The van der Waals surface area contributed by atoms with Gasteiger partial charge < -0.3 is 10.4 Å². The highest BCUT2D eigenvalue weighted by atomic mass is 35.5. The van der Waals surface area contributed by atoms with E-state index < -0.39 is 29.0 Å². The van der Waals surface area contributed by atoms with E-state index in [2.05, 4.69) is 5.32 Å². The molecule has 0 spiro atoms. The van der Waals surface area contributed by atoms with Crippen LogP contribution in [-0.4, -0.2) is 34.0 Å². The van der Waals surface area contributed by atoms with Crippen molar-refractivity contribution < 1.29 is 23.5 Å². The maximum atomic E-state index is 13.2. The number of rotatable bonds is 3. The summed E-state index contributed by atoms with van der Waals surface area (Å²) in [5, 5.41) is 11.3. The van der Waals surface area contributed by atoms with E-state index in [9.17, 15) is 23.5 Å². The van der Waals surface area contributed by atoms with E-state index in [1.165, 1.54) is 11.8 Å². The lowest BCUT2D eigenvalue weighted by atomic mass is 9.98. The van der Waals surface area contributed by atoms with Crippen LogP contribution in [0.25, 0.3) is 0 Å². The summed E-state index contributed by atoms with van der Waals surface area (Å²) in [7, 11) is 0. The zero-order valence-electron chi connectivity index (χ0n) is 10.1. The van der Waals surface area contributed by atoms with Gasteiger partial charge in [0.2, 0.25) is 0 Å². The van der Waals surface area contributed by atoms with E-state index in [1.54, 1.807) is 0 Å². The largest absolute Gasteiger partial charge is 0.479 e. The number of aliphatic carboxylic acids is 1. The van der Waals surface area contributed by atoms with Crippen LogP contribution in [0.15, 0.2) is 12.1 Å². The molecular weight excluding hydrogens is 312 g/mol. The first-order chi connectivity index (χ1) is 9.35. The van der Waals surface area contributed by atoms with Crippen LogP contribution in [0.5, 0.6) is 0 Å². The van der Waals surface area contributed by atoms with Crippen LogP contribution < -0.4 is 5.32 Å². The van der Waals surface area contributed by atoms with Crippen LogP contribution in [0.3, 0.4) is 0 Å². The Bertz CT molecular complexity index is 576. The number of benzene rings is 1. The van der Waals surface area contributed by atoms with E-state index in [0.717, 1.165) is 0 Å². The average Bonchev–Trinajstić information content (AvgIpc) is 2.83. The Kier molecular flexibility index (Phi) is 4.19. The molecule has 0 radical (unpaired) electrons. The molecule has 1 atom stereocenters. The fourth-order valence-electron chi connectivity index (χ4n) is 1.87. The Balaban J connectivity index is 2.28. The van der Waals surface area contributed by atoms with Crippen molar-refractivity contribution >= 4 is 35.2 Å². The average molecular weight is 322 g/mol. The van der Waals surface area contributed by atoms with Crippen molar-refractivity contribution in [3.63, 3.8) is 0 Å². The van der Waals surface area contributed by atoms with Crippen molar-refractivity contribution in [1.29, 1.82) is 0 Å². The molecule has 1 fully saturated rings. The number of halogens is 3. The molecule has 0 bridgehead atoms. The summed E-state index contributed by atoms with van der Waals surface area (Å²) in [6, 6.07) is 1.34. The summed E-state index contributed by atoms with van der Waals surface area (Å²) in [5.41, 5.74) is -1.68. The third-order valence-electron chi connectivity index (χ3n) is 3.04. The molecule has 0 aromatic heterocycles. The Morgan fingerprint density at radius 2 is 2.00 bits per heavy atom. The molecule has 2 N–H and O–H groups in total. The van der Waals surface area contributed by atoms with Crippen molar-refractivity contribution in [1.82, 2.24) is 5.32 Å². The first-order valence-corrected chi connectivity index (χ1v) is 7.17. The third-order valence-corrected chi connectivity index (χ3v) is 4.54. The third kappa shape index (κ3) is 2.73. The van der Waals surface area contributed by atoms with Gasteiger partial charge in [0.05, 0.1) is 10.6 Å². The molecule has 1 heterocycles. The van der Waals surface area contributed by atoms with Crippen LogP contribution in [0.1, 0.15) is 16.8 Å². The second kappa shape index (κ2) is 5.57. The molecule has 8 heteroatoms. The Hall–Kier alpha value is -1.34. The van der Waals surface area contributed by atoms with Crippen LogP contribution in [0, 0.1) is 11.6 Å². The molecule has 1 aliphatic rings. The maximum Gasteiger partial charge on any atom is 0.330 e. The van der Waals surface area contributed by atoms with Crippen molar-refractivity contribution in [3.8, 4) is 0 Å². The summed E-state index contributed by atoms with van der Waals surface area (Å²) >= 11 is 7.08. The second-order valence-corrected chi connectivity index (χ2v) is 5.90. The zero-order chi connectivity index (χ0) is 14.9. The summed E-state index contributed by atoms with van der Waals surface area (Å²) in [4.78, 5) is 23.3. The number of carbonyl (C=O) groups is 2. The molecule has 1 amide bonds. The molecule has 108 valence electrons. The summed E-state index contributed by atoms with van der Waals surface area (Å²) < 4.78 is 26.1. The number of carboxylic acids is 1. The Morgan fingerprint density at radius 1 is 1.35 bits per heavy atom. The number of nitrogens with one attached hydrogen (secondary N) is 1. The van der Waals surface area contributed by atoms with Gasteiger partial charge in [-0.1, -0.05) is 11.6 Å². The first-order valence-electron chi connectivity index (χ1n) is 5.64. The van der Waals surface area contributed by atoms with Gasteiger partial charge in [-0.15, -0.1) is 0 Å². The van der Waals surface area contributed by atoms with Gasteiger partial charge in [-0.05, 0) is 24.3 Å². The Morgan fingerprint density at radius 3 is 2.55 bits per heavy atom. The van der Waals surface area contributed by atoms with Gasteiger partial charge in [0, 0.05) is 5.75 Å². The van der Waals surface area contributed by atoms with Gasteiger partial charge in [-0.3, -0.25) is 4.79 Å². The summed E-state index contributed by atoms with van der Waals surface area (Å²) in [5.74, 6) is -3.57. The highest BCUT2D eigenvalue weighted by Gasteiger charge is 2.43.